The van der Waals surface area contributed by atoms with Gasteiger partial charge in [0.15, 0.2) is 0 Å². The number of carboxylic acid groups (broad SMARTS) is 1. The monoisotopic (exact) mass is 251 g/mol. The molecule has 0 heterocycles. The summed E-state index contributed by atoms with van der Waals surface area (Å²) in [6.07, 6.45) is 0.715. The second kappa shape index (κ2) is 5.87. The molecule has 0 aliphatic carbocycles. The van der Waals surface area contributed by atoms with E-state index in [9.17, 15) is 9.90 Å². The van der Waals surface area contributed by atoms with Crippen molar-refractivity contribution in [2.24, 2.45) is 5.92 Å². The number of carboxylic acids is 1. The van der Waals surface area contributed by atoms with Gasteiger partial charge in [-0.15, -0.1) is 0 Å². The molecule has 0 amide bonds. The van der Waals surface area contributed by atoms with Gasteiger partial charge in [0, 0.05) is 12.2 Å². The van der Waals surface area contributed by atoms with Crippen molar-refractivity contribution in [3.63, 3.8) is 0 Å². The van der Waals surface area contributed by atoms with Crippen LogP contribution in [0, 0.1) is 5.92 Å². The molecule has 0 spiro atoms. The lowest BCUT2D eigenvalue weighted by Crippen LogP contribution is -2.34. The molecule has 0 bridgehead atoms. The van der Waals surface area contributed by atoms with E-state index in [0.717, 1.165) is 5.69 Å². The Hall–Kier alpha value is -1.55. The van der Waals surface area contributed by atoms with E-state index in [1.165, 1.54) is 0 Å². The third-order valence-electron chi connectivity index (χ3n) is 2.65. The Morgan fingerprint density at radius 3 is 2.33 bits per heavy atom. The number of carbonyl (C=O) groups is 1. The number of nitrogens with one attached hydrogen (secondary N) is 1. The summed E-state index contributed by atoms with van der Waals surface area (Å²) < 4.78 is 0. The Morgan fingerprint density at radius 1 is 1.33 bits per heavy atom. The van der Waals surface area contributed by atoms with E-state index >= 15 is 0 Å². The van der Waals surface area contributed by atoms with Gasteiger partial charge in [-0.1, -0.05) is 13.8 Å². The Bertz CT molecular complexity index is 396. The highest BCUT2D eigenvalue weighted by atomic mass is 16.4. The van der Waals surface area contributed by atoms with Gasteiger partial charge in [-0.3, -0.25) is 0 Å². The molecule has 1 aromatic rings. The molecule has 1 aromatic carbocycles. The lowest BCUT2D eigenvalue weighted by molar-refractivity contribution is 0.0515. The lowest BCUT2D eigenvalue weighted by atomic mass is 9.94. The van der Waals surface area contributed by atoms with Crippen molar-refractivity contribution in [2.45, 2.75) is 32.8 Å². The molecule has 4 heteroatoms. The van der Waals surface area contributed by atoms with Crippen LogP contribution in [0.4, 0.5) is 5.69 Å². The van der Waals surface area contributed by atoms with Gasteiger partial charge < -0.3 is 15.5 Å². The largest absolute Gasteiger partial charge is 0.478 e. The Labute approximate surface area is 108 Å². The lowest BCUT2D eigenvalue weighted by Gasteiger charge is -2.26. The van der Waals surface area contributed by atoms with Gasteiger partial charge in [0.25, 0.3) is 0 Å². The highest BCUT2D eigenvalue weighted by Gasteiger charge is 2.21. The van der Waals surface area contributed by atoms with E-state index in [2.05, 4.69) is 19.2 Å². The second-order valence-corrected chi connectivity index (χ2v) is 5.33. The average molecular weight is 251 g/mol. The molecule has 0 aliphatic rings. The molecule has 100 valence electrons. The van der Waals surface area contributed by atoms with Gasteiger partial charge in [-0.2, -0.15) is 0 Å². The number of benzene rings is 1. The molecule has 3 N–H and O–H groups in total. The summed E-state index contributed by atoms with van der Waals surface area (Å²) in [6, 6.07) is 6.49. The maximum absolute atomic E-state index is 10.7. The molecule has 0 radical (unpaired) electrons. The molecular weight excluding hydrogens is 230 g/mol. The molecule has 1 unspecified atom stereocenters. The molecule has 0 saturated heterocycles. The van der Waals surface area contributed by atoms with Crippen molar-refractivity contribution >= 4 is 11.7 Å². The first-order valence-corrected chi connectivity index (χ1v) is 6.10. The van der Waals surface area contributed by atoms with Crippen LogP contribution in [0.25, 0.3) is 0 Å². The maximum Gasteiger partial charge on any atom is 0.335 e. The molecule has 18 heavy (non-hydrogen) atoms. The minimum absolute atomic E-state index is 0.259. The summed E-state index contributed by atoms with van der Waals surface area (Å²) in [4.78, 5) is 10.7. The standard InChI is InChI=1S/C14H21NO3/c1-10(2)8-14(3,18)9-15-12-6-4-11(5-7-12)13(16)17/h4-7,10,15,18H,8-9H2,1-3H3,(H,16,17). The molecule has 0 saturated carbocycles. The quantitative estimate of drug-likeness (QED) is 0.727. The molecule has 0 aliphatic heterocycles. The van der Waals surface area contributed by atoms with Crippen LogP contribution < -0.4 is 5.32 Å². The first-order chi connectivity index (χ1) is 8.30. The summed E-state index contributed by atoms with van der Waals surface area (Å²) in [7, 11) is 0. The van der Waals surface area contributed by atoms with E-state index in [4.69, 9.17) is 5.11 Å². The number of hydrogen-bond acceptors (Lipinski definition) is 3. The number of hydrogen-bond donors (Lipinski definition) is 3. The first kappa shape index (κ1) is 14.5. The van der Waals surface area contributed by atoms with Gasteiger partial charge in [0.2, 0.25) is 0 Å². The Balaban J connectivity index is 2.55. The zero-order valence-corrected chi connectivity index (χ0v) is 11.1. The van der Waals surface area contributed by atoms with Crippen LogP contribution in [0.5, 0.6) is 0 Å². The molecule has 0 aromatic heterocycles. The zero-order valence-electron chi connectivity index (χ0n) is 11.1. The molecule has 1 rings (SSSR count). The smallest absolute Gasteiger partial charge is 0.335 e. The van der Waals surface area contributed by atoms with E-state index in [1.54, 1.807) is 31.2 Å². The van der Waals surface area contributed by atoms with Crippen LogP contribution in [0.1, 0.15) is 37.6 Å². The fraction of sp³-hybridized carbons (Fsp3) is 0.500. The molecule has 4 nitrogen and oxygen atoms in total. The van der Waals surface area contributed by atoms with Crippen LogP contribution >= 0.6 is 0 Å². The van der Waals surface area contributed by atoms with E-state index < -0.39 is 11.6 Å². The molecular formula is C14H21NO3. The van der Waals surface area contributed by atoms with Crippen LogP contribution in [0.2, 0.25) is 0 Å². The minimum Gasteiger partial charge on any atom is -0.478 e. The third-order valence-corrected chi connectivity index (χ3v) is 2.65. The van der Waals surface area contributed by atoms with Crippen LogP contribution in [-0.2, 0) is 0 Å². The fourth-order valence-corrected chi connectivity index (χ4v) is 1.97. The maximum atomic E-state index is 10.7. The Kier molecular flexibility index (Phi) is 4.73. The topological polar surface area (TPSA) is 69.6 Å². The third kappa shape index (κ3) is 4.75. The van der Waals surface area contributed by atoms with E-state index in [1.807, 2.05) is 0 Å². The summed E-state index contributed by atoms with van der Waals surface area (Å²) in [5.41, 5.74) is 0.304. The predicted molar refractivity (Wildman–Crippen MR) is 72.0 cm³/mol. The van der Waals surface area contributed by atoms with Gasteiger partial charge in [-0.25, -0.2) is 4.79 Å². The van der Waals surface area contributed by atoms with Gasteiger partial charge in [0.1, 0.15) is 0 Å². The fourth-order valence-electron chi connectivity index (χ4n) is 1.97. The molecule has 1 atom stereocenters. The summed E-state index contributed by atoms with van der Waals surface area (Å²) in [5, 5.41) is 22.0. The van der Waals surface area contributed by atoms with Gasteiger partial charge >= 0.3 is 5.97 Å². The molecule has 0 fully saturated rings. The SMILES string of the molecule is CC(C)CC(C)(O)CNc1ccc(C(=O)O)cc1. The normalized spacial score (nSPS) is 14.3. The Morgan fingerprint density at radius 2 is 1.89 bits per heavy atom. The van der Waals surface area contributed by atoms with E-state index in [-0.39, 0.29) is 5.56 Å². The van der Waals surface area contributed by atoms with Crippen LogP contribution in [-0.4, -0.2) is 28.3 Å². The second-order valence-electron chi connectivity index (χ2n) is 5.33. The number of anilines is 1. The number of aromatic carboxylic acids is 1. The average Bonchev–Trinajstić information content (AvgIpc) is 2.25. The predicted octanol–water partition coefficient (Wildman–Crippen LogP) is 2.59. The van der Waals surface area contributed by atoms with Crippen LogP contribution in [0.15, 0.2) is 24.3 Å². The van der Waals surface area contributed by atoms with Gasteiger partial charge in [-0.05, 0) is 43.5 Å². The van der Waals surface area contributed by atoms with Crippen LogP contribution in [0.3, 0.4) is 0 Å². The van der Waals surface area contributed by atoms with Crippen molar-refractivity contribution in [3.05, 3.63) is 29.8 Å². The van der Waals surface area contributed by atoms with Crippen molar-refractivity contribution in [3.8, 4) is 0 Å². The van der Waals surface area contributed by atoms with Gasteiger partial charge in [0.05, 0.1) is 11.2 Å². The number of aliphatic hydroxyl groups is 1. The summed E-state index contributed by atoms with van der Waals surface area (Å²) >= 11 is 0. The first-order valence-electron chi connectivity index (χ1n) is 6.10. The summed E-state index contributed by atoms with van der Waals surface area (Å²) in [6.45, 7) is 6.37. The van der Waals surface area contributed by atoms with Crippen molar-refractivity contribution in [2.75, 3.05) is 11.9 Å². The number of rotatable bonds is 6. The minimum atomic E-state index is -0.937. The van der Waals surface area contributed by atoms with E-state index in [0.29, 0.717) is 18.9 Å². The van der Waals surface area contributed by atoms with Crippen molar-refractivity contribution < 1.29 is 15.0 Å². The highest BCUT2D eigenvalue weighted by Crippen LogP contribution is 2.18. The zero-order chi connectivity index (χ0) is 13.8. The summed E-state index contributed by atoms with van der Waals surface area (Å²) in [5.74, 6) is -0.510. The van der Waals surface area contributed by atoms with Crippen molar-refractivity contribution in [1.82, 2.24) is 0 Å². The highest BCUT2D eigenvalue weighted by molar-refractivity contribution is 5.87. The van der Waals surface area contributed by atoms with Crippen molar-refractivity contribution in [1.29, 1.82) is 0 Å².